The van der Waals surface area contributed by atoms with E-state index in [0.717, 1.165) is 5.56 Å². The molecule has 7 heteroatoms. The second-order valence-corrected chi connectivity index (χ2v) is 4.31. The summed E-state index contributed by atoms with van der Waals surface area (Å²) in [6.45, 7) is 0.688. The van der Waals surface area contributed by atoms with Crippen molar-refractivity contribution in [1.82, 2.24) is 25.0 Å². The monoisotopic (exact) mass is 283 g/mol. The van der Waals surface area contributed by atoms with Crippen LogP contribution in [0.2, 0.25) is 0 Å². The quantitative estimate of drug-likeness (QED) is 0.718. The van der Waals surface area contributed by atoms with E-state index < -0.39 is 5.97 Å². The van der Waals surface area contributed by atoms with Crippen molar-refractivity contribution in [3.8, 4) is 11.4 Å². The first-order valence-corrected chi connectivity index (χ1v) is 6.44. The minimum atomic E-state index is -0.440. The fourth-order valence-corrected chi connectivity index (χ4v) is 1.83. The van der Waals surface area contributed by atoms with Crippen LogP contribution in [0.1, 0.15) is 10.5 Å². The van der Waals surface area contributed by atoms with E-state index in [9.17, 15) is 4.79 Å². The molecule has 0 saturated carbocycles. The molecule has 0 aliphatic carbocycles. The molecule has 0 spiro atoms. The normalized spacial score (nSPS) is 10.5. The SMILES string of the molecule is O=C(OCCn1ccnn1)c1cnc(-c2ccccc2)[nH]1. The summed E-state index contributed by atoms with van der Waals surface area (Å²) in [5.74, 6) is 0.198. The number of aromatic nitrogens is 5. The van der Waals surface area contributed by atoms with Crippen LogP contribution in [-0.4, -0.2) is 37.5 Å². The molecule has 0 fully saturated rings. The van der Waals surface area contributed by atoms with Gasteiger partial charge in [-0.15, -0.1) is 5.10 Å². The molecular formula is C14H13N5O2. The number of nitrogens with one attached hydrogen (secondary N) is 1. The highest BCUT2D eigenvalue weighted by molar-refractivity contribution is 5.87. The molecule has 1 N–H and O–H groups in total. The first kappa shape index (κ1) is 13.0. The lowest BCUT2D eigenvalue weighted by molar-refractivity contribution is 0.0481. The third-order valence-electron chi connectivity index (χ3n) is 2.87. The van der Waals surface area contributed by atoms with Gasteiger partial charge in [-0.3, -0.25) is 0 Å². The van der Waals surface area contributed by atoms with Crippen LogP contribution in [0.3, 0.4) is 0 Å². The second-order valence-electron chi connectivity index (χ2n) is 4.31. The van der Waals surface area contributed by atoms with Crippen LogP contribution < -0.4 is 0 Å². The first-order valence-electron chi connectivity index (χ1n) is 6.44. The number of esters is 1. The predicted molar refractivity (Wildman–Crippen MR) is 74.3 cm³/mol. The van der Waals surface area contributed by atoms with Gasteiger partial charge in [0.1, 0.15) is 18.1 Å². The molecule has 2 heterocycles. The molecule has 0 amide bonds. The lowest BCUT2D eigenvalue weighted by Crippen LogP contribution is -2.12. The number of H-pyrrole nitrogens is 1. The molecule has 0 aliphatic heterocycles. The van der Waals surface area contributed by atoms with E-state index in [2.05, 4.69) is 20.3 Å². The summed E-state index contributed by atoms with van der Waals surface area (Å²) >= 11 is 0. The number of nitrogens with zero attached hydrogens (tertiary/aromatic N) is 4. The standard InChI is InChI=1S/C14H13N5O2/c20-14(21-9-8-19-7-6-16-18-19)12-10-15-13(17-12)11-4-2-1-3-5-11/h1-7,10H,8-9H2,(H,15,17). The van der Waals surface area contributed by atoms with Crippen LogP contribution in [0.25, 0.3) is 11.4 Å². The Hall–Kier alpha value is -2.96. The molecule has 7 nitrogen and oxygen atoms in total. The zero-order chi connectivity index (χ0) is 14.5. The smallest absolute Gasteiger partial charge is 0.356 e. The number of ether oxygens (including phenoxy) is 1. The number of carbonyl (C=O) groups excluding carboxylic acids is 1. The van der Waals surface area contributed by atoms with Crippen LogP contribution in [-0.2, 0) is 11.3 Å². The van der Waals surface area contributed by atoms with Crippen molar-refractivity contribution in [2.45, 2.75) is 6.54 Å². The van der Waals surface area contributed by atoms with Crippen LogP contribution in [0.15, 0.2) is 48.9 Å². The molecule has 0 aliphatic rings. The minimum Gasteiger partial charge on any atom is -0.459 e. The summed E-state index contributed by atoms with van der Waals surface area (Å²) in [7, 11) is 0. The zero-order valence-corrected chi connectivity index (χ0v) is 11.1. The molecule has 0 atom stereocenters. The van der Waals surface area contributed by atoms with Gasteiger partial charge in [-0.25, -0.2) is 14.5 Å². The van der Waals surface area contributed by atoms with E-state index in [1.165, 1.54) is 6.20 Å². The number of benzene rings is 1. The highest BCUT2D eigenvalue weighted by atomic mass is 16.5. The van der Waals surface area contributed by atoms with Gasteiger partial charge in [-0.05, 0) is 0 Å². The highest BCUT2D eigenvalue weighted by Crippen LogP contribution is 2.14. The molecule has 0 saturated heterocycles. The van der Waals surface area contributed by atoms with Crippen molar-refractivity contribution in [3.63, 3.8) is 0 Å². The molecule has 0 bridgehead atoms. The van der Waals surface area contributed by atoms with E-state index in [-0.39, 0.29) is 6.61 Å². The number of rotatable bonds is 5. The van der Waals surface area contributed by atoms with E-state index in [4.69, 9.17) is 4.74 Å². The third-order valence-corrected chi connectivity index (χ3v) is 2.87. The Morgan fingerprint density at radius 3 is 2.90 bits per heavy atom. The summed E-state index contributed by atoms with van der Waals surface area (Å²) in [4.78, 5) is 19.0. The van der Waals surface area contributed by atoms with Gasteiger partial charge >= 0.3 is 5.97 Å². The lowest BCUT2D eigenvalue weighted by atomic mass is 10.2. The number of hydrogen-bond donors (Lipinski definition) is 1. The highest BCUT2D eigenvalue weighted by Gasteiger charge is 2.11. The van der Waals surface area contributed by atoms with E-state index in [1.807, 2.05) is 30.3 Å². The maximum absolute atomic E-state index is 11.9. The number of carbonyl (C=O) groups is 1. The van der Waals surface area contributed by atoms with E-state index >= 15 is 0 Å². The average Bonchev–Trinajstić information content (AvgIpc) is 3.20. The van der Waals surface area contributed by atoms with Crippen molar-refractivity contribution in [2.24, 2.45) is 0 Å². The van der Waals surface area contributed by atoms with Crippen LogP contribution in [0.4, 0.5) is 0 Å². The zero-order valence-electron chi connectivity index (χ0n) is 11.1. The summed E-state index contributed by atoms with van der Waals surface area (Å²) in [5.41, 5.74) is 1.24. The number of aromatic amines is 1. The van der Waals surface area contributed by atoms with Crippen molar-refractivity contribution in [2.75, 3.05) is 6.61 Å². The van der Waals surface area contributed by atoms with Crippen molar-refractivity contribution >= 4 is 5.97 Å². The molecule has 3 rings (SSSR count). The van der Waals surface area contributed by atoms with Gasteiger partial charge in [0, 0.05) is 11.8 Å². The van der Waals surface area contributed by atoms with Gasteiger partial charge in [-0.2, -0.15) is 0 Å². The Bertz CT molecular complexity index is 706. The van der Waals surface area contributed by atoms with E-state index in [0.29, 0.717) is 18.1 Å². The Balaban J connectivity index is 1.59. The van der Waals surface area contributed by atoms with Crippen LogP contribution in [0.5, 0.6) is 0 Å². The molecular weight excluding hydrogens is 270 g/mol. The first-order chi connectivity index (χ1) is 10.3. The molecule has 3 aromatic rings. The van der Waals surface area contributed by atoms with Crippen LogP contribution in [0, 0.1) is 0 Å². The summed E-state index contributed by atoms with van der Waals surface area (Å²) in [6, 6.07) is 9.57. The topological polar surface area (TPSA) is 85.7 Å². The van der Waals surface area contributed by atoms with Gasteiger partial charge in [0.25, 0.3) is 0 Å². The fourth-order valence-electron chi connectivity index (χ4n) is 1.83. The Labute approximate surface area is 120 Å². The maximum atomic E-state index is 11.9. The predicted octanol–water partition coefficient (Wildman–Crippen LogP) is 1.53. The van der Waals surface area contributed by atoms with Crippen LogP contribution >= 0.6 is 0 Å². The number of hydrogen-bond acceptors (Lipinski definition) is 5. The van der Waals surface area contributed by atoms with Gasteiger partial charge < -0.3 is 9.72 Å². The van der Waals surface area contributed by atoms with Gasteiger partial charge in [0.2, 0.25) is 0 Å². The lowest BCUT2D eigenvalue weighted by Gasteiger charge is -2.02. The molecule has 106 valence electrons. The molecule has 2 aromatic heterocycles. The van der Waals surface area contributed by atoms with Crippen molar-refractivity contribution in [1.29, 1.82) is 0 Å². The Kier molecular flexibility index (Phi) is 3.72. The fraction of sp³-hybridized carbons (Fsp3) is 0.143. The van der Waals surface area contributed by atoms with Crippen molar-refractivity contribution < 1.29 is 9.53 Å². The average molecular weight is 283 g/mol. The van der Waals surface area contributed by atoms with Gasteiger partial charge in [0.05, 0.1) is 18.9 Å². The summed E-state index contributed by atoms with van der Waals surface area (Å²) in [5, 5.41) is 7.46. The molecule has 0 unspecified atom stereocenters. The summed E-state index contributed by atoms with van der Waals surface area (Å²) < 4.78 is 6.74. The molecule has 0 radical (unpaired) electrons. The largest absolute Gasteiger partial charge is 0.459 e. The van der Waals surface area contributed by atoms with Gasteiger partial charge in [-0.1, -0.05) is 35.5 Å². The Morgan fingerprint density at radius 2 is 2.14 bits per heavy atom. The molecule has 1 aromatic carbocycles. The third kappa shape index (κ3) is 3.14. The van der Waals surface area contributed by atoms with Crippen molar-refractivity contribution in [3.05, 3.63) is 54.6 Å². The maximum Gasteiger partial charge on any atom is 0.356 e. The number of imidazole rings is 1. The second kappa shape index (κ2) is 6.00. The van der Waals surface area contributed by atoms with E-state index in [1.54, 1.807) is 17.1 Å². The van der Waals surface area contributed by atoms with Gasteiger partial charge in [0.15, 0.2) is 0 Å². The minimum absolute atomic E-state index is 0.224. The Morgan fingerprint density at radius 1 is 1.29 bits per heavy atom. The summed E-state index contributed by atoms with van der Waals surface area (Å²) in [6.07, 6.45) is 4.75. The molecule has 21 heavy (non-hydrogen) atoms.